The SMILES string of the molecule is COc1ccc(CNc2cc(C)ccc2Cl)cn1. The molecule has 1 N–H and O–H groups in total. The van der Waals surface area contributed by atoms with Crippen molar-refractivity contribution in [2.24, 2.45) is 0 Å². The van der Waals surface area contributed by atoms with E-state index in [1.165, 1.54) is 5.56 Å². The molecule has 0 atom stereocenters. The van der Waals surface area contributed by atoms with Crippen LogP contribution in [0.4, 0.5) is 5.69 Å². The Labute approximate surface area is 112 Å². The van der Waals surface area contributed by atoms with Gasteiger partial charge in [-0.2, -0.15) is 0 Å². The molecule has 0 saturated heterocycles. The molecule has 0 spiro atoms. The van der Waals surface area contributed by atoms with Crippen molar-refractivity contribution < 1.29 is 4.74 Å². The molecule has 1 heterocycles. The van der Waals surface area contributed by atoms with Crippen molar-refractivity contribution in [3.8, 4) is 5.88 Å². The van der Waals surface area contributed by atoms with E-state index in [-0.39, 0.29) is 0 Å². The Balaban J connectivity index is 2.04. The van der Waals surface area contributed by atoms with Crippen LogP contribution in [0.5, 0.6) is 5.88 Å². The molecule has 3 nitrogen and oxygen atoms in total. The van der Waals surface area contributed by atoms with Gasteiger partial charge in [0.2, 0.25) is 5.88 Å². The Morgan fingerprint density at radius 3 is 2.78 bits per heavy atom. The molecule has 0 aliphatic carbocycles. The van der Waals surface area contributed by atoms with E-state index in [4.69, 9.17) is 16.3 Å². The van der Waals surface area contributed by atoms with E-state index in [1.54, 1.807) is 13.3 Å². The number of aryl methyl sites for hydroxylation is 1. The van der Waals surface area contributed by atoms with E-state index in [0.717, 1.165) is 16.3 Å². The van der Waals surface area contributed by atoms with Crippen LogP contribution in [0.2, 0.25) is 5.02 Å². The summed E-state index contributed by atoms with van der Waals surface area (Å²) >= 11 is 6.11. The second-order valence-corrected chi connectivity index (χ2v) is 4.45. The summed E-state index contributed by atoms with van der Waals surface area (Å²) in [5, 5.41) is 4.02. The molecular formula is C14H15ClN2O. The molecule has 4 heteroatoms. The van der Waals surface area contributed by atoms with Crippen molar-refractivity contribution in [2.75, 3.05) is 12.4 Å². The van der Waals surface area contributed by atoms with Crippen LogP contribution in [0.1, 0.15) is 11.1 Å². The summed E-state index contributed by atoms with van der Waals surface area (Å²) in [6, 6.07) is 9.73. The van der Waals surface area contributed by atoms with Crippen LogP contribution >= 0.6 is 11.6 Å². The van der Waals surface area contributed by atoms with Gasteiger partial charge in [-0.15, -0.1) is 0 Å². The molecule has 0 aliphatic heterocycles. The van der Waals surface area contributed by atoms with Gasteiger partial charge in [-0.25, -0.2) is 4.98 Å². The average molecular weight is 263 g/mol. The van der Waals surface area contributed by atoms with Gasteiger partial charge in [0.05, 0.1) is 17.8 Å². The summed E-state index contributed by atoms with van der Waals surface area (Å²) in [5.74, 6) is 0.618. The highest BCUT2D eigenvalue weighted by molar-refractivity contribution is 6.33. The Hall–Kier alpha value is -1.74. The number of benzene rings is 1. The molecular weight excluding hydrogens is 248 g/mol. The van der Waals surface area contributed by atoms with Crippen LogP contribution in [0, 0.1) is 6.92 Å². The van der Waals surface area contributed by atoms with E-state index >= 15 is 0 Å². The molecule has 1 aromatic heterocycles. The van der Waals surface area contributed by atoms with Crippen molar-refractivity contribution in [3.05, 3.63) is 52.7 Å². The van der Waals surface area contributed by atoms with Gasteiger partial charge in [0.25, 0.3) is 0 Å². The quantitative estimate of drug-likeness (QED) is 0.913. The highest BCUT2D eigenvalue weighted by atomic mass is 35.5. The lowest BCUT2D eigenvalue weighted by molar-refractivity contribution is 0.397. The fourth-order valence-corrected chi connectivity index (χ4v) is 1.79. The third-order valence-corrected chi connectivity index (χ3v) is 2.94. The van der Waals surface area contributed by atoms with E-state index in [0.29, 0.717) is 12.4 Å². The van der Waals surface area contributed by atoms with E-state index < -0.39 is 0 Å². The number of nitrogens with one attached hydrogen (secondary N) is 1. The minimum Gasteiger partial charge on any atom is -0.481 e. The lowest BCUT2D eigenvalue weighted by atomic mass is 10.2. The Kier molecular flexibility index (Phi) is 4.05. The number of hydrogen-bond donors (Lipinski definition) is 1. The highest BCUT2D eigenvalue weighted by Crippen LogP contribution is 2.23. The zero-order chi connectivity index (χ0) is 13.0. The number of ether oxygens (including phenoxy) is 1. The van der Waals surface area contributed by atoms with Gasteiger partial charge < -0.3 is 10.1 Å². The minimum absolute atomic E-state index is 0.618. The maximum atomic E-state index is 6.11. The number of halogens is 1. The molecule has 0 fully saturated rings. The summed E-state index contributed by atoms with van der Waals surface area (Å²) in [6.45, 7) is 2.72. The maximum absolute atomic E-state index is 6.11. The fraction of sp³-hybridized carbons (Fsp3) is 0.214. The second-order valence-electron chi connectivity index (χ2n) is 4.05. The molecule has 0 bridgehead atoms. The number of pyridine rings is 1. The first-order valence-electron chi connectivity index (χ1n) is 5.68. The number of nitrogens with zero attached hydrogens (tertiary/aromatic N) is 1. The third kappa shape index (κ3) is 3.14. The molecule has 94 valence electrons. The number of aromatic nitrogens is 1. The number of rotatable bonds is 4. The fourth-order valence-electron chi connectivity index (χ4n) is 1.61. The zero-order valence-electron chi connectivity index (χ0n) is 10.4. The molecule has 0 aliphatic rings. The van der Waals surface area contributed by atoms with Crippen molar-refractivity contribution in [1.29, 1.82) is 0 Å². The monoisotopic (exact) mass is 262 g/mol. The van der Waals surface area contributed by atoms with Crippen LogP contribution in [0.3, 0.4) is 0 Å². The topological polar surface area (TPSA) is 34.1 Å². The van der Waals surface area contributed by atoms with Gasteiger partial charge in [0.1, 0.15) is 0 Å². The van der Waals surface area contributed by atoms with Gasteiger partial charge >= 0.3 is 0 Å². The first kappa shape index (κ1) is 12.7. The summed E-state index contributed by atoms with van der Waals surface area (Å²) in [4.78, 5) is 4.15. The molecule has 0 radical (unpaired) electrons. The minimum atomic E-state index is 0.618. The van der Waals surface area contributed by atoms with Crippen LogP contribution < -0.4 is 10.1 Å². The zero-order valence-corrected chi connectivity index (χ0v) is 11.2. The van der Waals surface area contributed by atoms with Gasteiger partial charge in [-0.3, -0.25) is 0 Å². The van der Waals surface area contributed by atoms with Crippen molar-refractivity contribution in [3.63, 3.8) is 0 Å². The third-order valence-electron chi connectivity index (χ3n) is 2.61. The van der Waals surface area contributed by atoms with Crippen LogP contribution in [0.25, 0.3) is 0 Å². The summed E-state index contributed by atoms with van der Waals surface area (Å²) in [7, 11) is 1.60. The molecule has 0 unspecified atom stereocenters. The lowest BCUT2D eigenvalue weighted by Crippen LogP contribution is -2.01. The van der Waals surface area contributed by atoms with Crippen LogP contribution in [-0.4, -0.2) is 12.1 Å². The Morgan fingerprint density at radius 2 is 2.11 bits per heavy atom. The highest BCUT2D eigenvalue weighted by Gasteiger charge is 2.01. The van der Waals surface area contributed by atoms with Gasteiger partial charge in [-0.1, -0.05) is 23.7 Å². The average Bonchev–Trinajstić information content (AvgIpc) is 2.40. The number of hydrogen-bond acceptors (Lipinski definition) is 3. The molecule has 1 aromatic carbocycles. The maximum Gasteiger partial charge on any atom is 0.212 e. The largest absolute Gasteiger partial charge is 0.481 e. The molecule has 0 saturated carbocycles. The van der Waals surface area contributed by atoms with Gasteiger partial charge in [0.15, 0.2) is 0 Å². The van der Waals surface area contributed by atoms with Crippen LogP contribution in [-0.2, 0) is 6.54 Å². The predicted octanol–water partition coefficient (Wildman–Crippen LogP) is 3.66. The molecule has 18 heavy (non-hydrogen) atoms. The summed E-state index contributed by atoms with van der Waals surface area (Å²) in [6.07, 6.45) is 1.79. The van der Waals surface area contributed by atoms with Gasteiger partial charge in [0, 0.05) is 18.8 Å². The number of anilines is 1. The van der Waals surface area contributed by atoms with Crippen molar-refractivity contribution >= 4 is 17.3 Å². The van der Waals surface area contributed by atoms with Crippen molar-refractivity contribution in [2.45, 2.75) is 13.5 Å². The number of methoxy groups -OCH3 is 1. The summed E-state index contributed by atoms with van der Waals surface area (Å²) < 4.78 is 5.01. The first-order chi connectivity index (χ1) is 8.69. The van der Waals surface area contributed by atoms with Gasteiger partial charge in [-0.05, 0) is 30.2 Å². The Morgan fingerprint density at radius 1 is 1.28 bits per heavy atom. The smallest absolute Gasteiger partial charge is 0.212 e. The standard InChI is InChI=1S/C14H15ClN2O/c1-10-3-5-12(15)13(7-10)16-8-11-4-6-14(18-2)17-9-11/h3-7,9,16H,8H2,1-2H3. The molecule has 0 amide bonds. The first-order valence-corrected chi connectivity index (χ1v) is 6.06. The summed E-state index contributed by atoms with van der Waals surface area (Å²) in [5.41, 5.74) is 3.19. The van der Waals surface area contributed by atoms with E-state index in [9.17, 15) is 0 Å². The Bertz CT molecular complexity index is 526. The second kappa shape index (κ2) is 5.74. The van der Waals surface area contributed by atoms with Crippen LogP contribution in [0.15, 0.2) is 36.5 Å². The molecule has 2 aromatic rings. The molecule has 2 rings (SSSR count). The normalized spacial score (nSPS) is 10.2. The van der Waals surface area contributed by atoms with E-state index in [2.05, 4.69) is 10.3 Å². The lowest BCUT2D eigenvalue weighted by Gasteiger charge is -2.09. The van der Waals surface area contributed by atoms with E-state index in [1.807, 2.05) is 37.3 Å². The predicted molar refractivity (Wildman–Crippen MR) is 74.3 cm³/mol. The van der Waals surface area contributed by atoms with Crippen molar-refractivity contribution in [1.82, 2.24) is 4.98 Å².